The second-order valence-electron chi connectivity index (χ2n) is 6.87. The van der Waals surface area contributed by atoms with Crippen molar-refractivity contribution in [3.8, 4) is 0 Å². The van der Waals surface area contributed by atoms with Crippen LogP contribution in [0.5, 0.6) is 0 Å². The molecule has 1 N–H and O–H groups in total. The second kappa shape index (κ2) is 10.4. The summed E-state index contributed by atoms with van der Waals surface area (Å²) in [6.45, 7) is 8.67. The molecule has 148 valence electrons. The Labute approximate surface area is 159 Å². The Morgan fingerprint density at radius 3 is 2.30 bits per heavy atom. The Kier molecular flexibility index (Phi) is 8.51. The van der Waals surface area contributed by atoms with Gasteiger partial charge in [0.2, 0.25) is 0 Å². The van der Waals surface area contributed by atoms with Crippen molar-refractivity contribution in [2.24, 2.45) is 5.92 Å². The lowest BCUT2D eigenvalue weighted by Crippen LogP contribution is -2.50. The molecule has 7 heteroatoms. The number of amides is 1. The van der Waals surface area contributed by atoms with Crippen LogP contribution in [0.1, 0.15) is 32.8 Å². The first-order chi connectivity index (χ1) is 12.7. The van der Waals surface area contributed by atoms with Gasteiger partial charge in [-0.2, -0.15) is 0 Å². The fourth-order valence-electron chi connectivity index (χ4n) is 2.28. The van der Waals surface area contributed by atoms with Crippen molar-refractivity contribution < 1.29 is 28.6 Å². The minimum absolute atomic E-state index is 0.00809. The zero-order valence-corrected chi connectivity index (χ0v) is 16.2. The highest BCUT2D eigenvalue weighted by Crippen LogP contribution is 2.16. The van der Waals surface area contributed by atoms with Gasteiger partial charge < -0.3 is 19.5 Å². The number of nitrogens with one attached hydrogen (secondary N) is 1. The first-order valence-corrected chi connectivity index (χ1v) is 8.56. The SMILES string of the molecule is C=CC[C@H](C(=O)OC)[C@H](NC(=O)OC(C)(C)C)C(=O)OCc1ccccc1. The highest BCUT2D eigenvalue weighted by atomic mass is 16.6. The summed E-state index contributed by atoms with van der Waals surface area (Å²) in [6.07, 6.45) is 0.755. The van der Waals surface area contributed by atoms with Crippen LogP contribution in [0.15, 0.2) is 43.0 Å². The van der Waals surface area contributed by atoms with Crippen molar-refractivity contribution in [1.82, 2.24) is 5.32 Å². The van der Waals surface area contributed by atoms with Gasteiger partial charge in [-0.05, 0) is 32.8 Å². The number of hydrogen-bond acceptors (Lipinski definition) is 6. The van der Waals surface area contributed by atoms with Crippen molar-refractivity contribution in [2.75, 3.05) is 7.11 Å². The predicted octanol–water partition coefficient (Wildman–Crippen LogP) is 2.99. The summed E-state index contributed by atoms with van der Waals surface area (Å²) in [7, 11) is 1.21. The maximum atomic E-state index is 12.6. The van der Waals surface area contributed by atoms with Gasteiger partial charge in [-0.1, -0.05) is 36.4 Å². The van der Waals surface area contributed by atoms with E-state index < -0.39 is 35.6 Å². The van der Waals surface area contributed by atoms with E-state index in [2.05, 4.69) is 11.9 Å². The van der Waals surface area contributed by atoms with Gasteiger partial charge in [0.25, 0.3) is 0 Å². The van der Waals surface area contributed by atoms with E-state index in [9.17, 15) is 14.4 Å². The molecule has 0 aliphatic rings. The summed E-state index contributed by atoms with van der Waals surface area (Å²) in [6, 6.07) is 7.79. The molecule has 1 amide bonds. The zero-order chi connectivity index (χ0) is 20.4. The molecule has 1 rings (SSSR count). The van der Waals surface area contributed by atoms with E-state index in [0.717, 1.165) is 5.56 Å². The average Bonchev–Trinajstić information content (AvgIpc) is 2.61. The third-order valence-electron chi connectivity index (χ3n) is 3.48. The van der Waals surface area contributed by atoms with Gasteiger partial charge in [-0.3, -0.25) is 4.79 Å². The van der Waals surface area contributed by atoms with Crippen LogP contribution in [-0.2, 0) is 30.4 Å². The van der Waals surface area contributed by atoms with Crippen molar-refractivity contribution in [3.63, 3.8) is 0 Å². The number of hydrogen-bond donors (Lipinski definition) is 1. The van der Waals surface area contributed by atoms with Crippen LogP contribution in [0.2, 0.25) is 0 Å². The van der Waals surface area contributed by atoms with Crippen LogP contribution in [0.3, 0.4) is 0 Å². The van der Waals surface area contributed by atoms with Crippen molar-refractivity contribution in [3.05, 3.63) is 48.6 Å². The van der Waals surface area contributed by atoms with Crippen molar-refractivity contribution in [2.45, 2.75) is 45.4 Å². The summed E-state index contributed by atoms with van der Waals surface area (Å²) in [5.41, 5.74) is 0.0158. The number of carbonyl (C=O) groups is 3. The number of methoxy groups -OCH3 is 1. The maximum absolute atomic E-state index is 12.6. The Hall–Kier alpha value is -2.83. The molecule has 0 aromatic heterocycles. The molecule has 2 atom stereocenters. The number of ether oxygens (including phenoxy) is 3. The molecule has 7 nitrogen and oxygen atoms in total. The number of carbonyl (C=O) groups excluding carboxylic acids is 3. The molecule has 0 saturated heterocycles. The maximum Gasteiger partial charge on any atom is 0.408 e. The van der Waals surface area contributed by atoms with Crippen LogP contribution in [0.25, 0.3) is 0 Å². The lowest BCUT2D eigenvalue weighted by molar-refractivity contribution is -0.157. The Morgan fingerprint density at radius 1 is 1.15 bits per heavy atom. The van der Waals surface area contributed by atoms with E-state index in [4.69, 9.17) is 14.2 Å². The van der Waals surface area contributed by atoms with E-state index in [0.29, 0.717) is 0 Å². The van der Waals surface area contributed by atoms with Gasteiger partial charge in [-0.15, -0.1) is 6.58 Å². The molecule has 0 unspecified atom stereocenters. The average molecular weight is 377 g/mol. The number of benzene rings is 1. The second-order valence-corrected chi connectivity index (χ2v) is 6.87. The molecule has 0 heterocycles. The van der Waals surface area contributed by atoms with Gasteiger partial charge in [-0.25, -0.2) is 9.59 Å². The molecule has 1 aromatic rings. The van der Waals surface area contributed by atoms with E-state index >= 15 is 0 Å². The molecular formula is C20H27NO6. The lowest BCUT2D eigenvalue weighted by atomic mass is 9.96. The van der Waals surface area contributed by atoms with Crippen LogP contribution in [0.4, 0.5) is 4.79 Å². The standard InChI is InChI=1S/C20H27NO6/c1-6-10-15(17(22)25-5)16(21-19(24)27-20(2,3)4)18(23)26-13-14-11-8-7-9-12-14/h6-9,11-12,15-16H,1,10,13H2,2-5H3,(H,21,24)/t15-,16-/m0/s1. The van der Waals surface area contributed by atoms with E-state index in [1.807, 2.05) is 18.2 Å². The largest absolute Gasteiger partial charge is 0.469 e. The van der Waals surface area contributed by atoms with Crippen LogP contribution in [-0.4, -0.2) is 36.8 Å². The van der Waals surface area contributed by atoms with Crippen LogP contribution >= 0.6 is 0 Å². The first-order valence-electron chi connectivity index (χ1n) is 8.56. The summed E-state index contributed by atoms with van der Waals surface area (Å²) >= 11 is 0. The minimum atomic E-state index is -1.27. The molecule has 1 aromatic carbocycles. The Balaban J connectivity index is 2.96. The van der Waals surface area contributed by atoms with Gasteiger partial charge in [0.05, 0.1) is 13.0 Å². The Bertz CT molecular complexity index is 650. The third kappa shape index (κ3) is 7.94. The number of alkyl carbamates (subject to hydrolysis) is 1. The summed E-state index contributed by atoms with van der Waals surface area (Å²) in [5, 5.41) is 2.43. The minimum Gasteiger partial charge on any atom is -0.469 e. The molecule has 0 aliphatic heterocycles. The van der Waals surface area contributed by atoms with Crippen LogP contribution in [0, 0.1) is 5.92 Å². The van der Waals surface area contributed by atoms with E-state index in [1.165, 1.54) is 13.2 Å². The summed E-state index contributed by atoms with van der Waals surface area (Å²) in [5.74, 6) is -2.40. The van der Waals surface area contributed by atoms with E-state index in [1.54, 1.807) is 32.9 Å². The summed E-state index contributed by atoms with van der Waals surface area (Å²) < 4.78 is 15.2. The fraction of sp³-hybridized carbons (Fsp3) is 0.450. The molecule has 0 aliphatic carbocycles. The number of rotatable bonds is 8. The number of esters is 2. The quantitative estimate of drug-likeness (QED) is 0.425. The van der Waals surface area contributed by atoms with Gasteiger partial charge in [0.1, 0.15) is 18.2 Å². The van der Waals surface area contributed by atoms with E-state index in [-0.39, 0.29) is 13.0 Å². The topological polar surface area (TPSA) is 90.9 Å². The molecule has 27 heavy (non-hydrogen) atoms. The molecule has 0 fully saturated rings. The van der Waals surface area contributed by atoms with Gasteiger partial charge in [0, 0.05) is 0 Å². The van der Waals surface area contributed by atoms with Crippen LogP contribution < -0.4 is 5.32 Å². The Morgan fingerprint density at radius 2 is 1.78 bits per heavy atom. The molecule has 0 spiro atoms. The first kappa shape index (κ1) is 22.2. The van der Waals surface area contributed by atoms with Gasteiger partial charge in [0.15, 0.2) is 0 Å². The smallest absolute Gasteiger partial charge is 0.408 e. The molecule has 0 bridgehead atoms. The highest BCUT2D eigenvalue weighted by Gasteiger charge is 2.37. The molecule has 0 saturated carbocycles. The van der Waals surface area contributed by atoms with Crippen molar-refractivity contribution >= 4 is 18.0 Å². The lowest BCUT2D eigenvalue weighted by Gasteiger charge is -2.26. The monoisotopic (exact) mass is 377 g/mol. The zero-order valence-electron chi connectivity index (χ0n) is 16.2. The van der Waals surface area contributed by atoms with Crippen molar-refractivity contribution in [1.29, 1.82) is 0 Å². The highest BCUT2D eigenvalue weighted by molar-refractivity contribution is 5.88. The molecule has 0 radical (unpaired) electrons. The fourth-order valence-corrected chi connectivity index (χ4v) is 2.28. The summed E-state index contributed by atoms with van der Waals surface area (Å²) in [4.78, 5) is 36.9. The van der Waals surface area contributed by atoms with Gasteiger partial charge >= 0.3 is 18.0 Å². The number of allylic oxidation sites excluding steroid dienone is 1. The predicted molar refractivity (Wildman–Crippen MR) is 99.7 cm³/mol. The third-order valence-corrected chi connectivity index (χ3v) is 3.48. The molecular weight excluding hydrogens is 350 g/mol. The normalized spacial score (nSPS) is 13.0.